The number of rotatable bonds is 5. The van der Waals surface area contributed by atoms with Gasteiger partial charge in [0.1, 0.15) is 10.7 Å². The molecule has 3 N–H and O–H groups in total. The van der Waals surface area contributed by atoms with Gasteiger partial charge in [0.05, 0.1) is 17.5 Å². The van der Waals surface area contributed by atoms with Gasteiger partial charge in [-0.3, -0.25) is 24.1 Å². The molecule has 3 aromatic rings. The highest BCUT2D eigenvalue weighted by Crippen LogP contribution is 2.20. The molecule has 0 aliphatic heterocycles. The van der Waals surface area contributed by atoms with Crippen molar-refractivity contribution >= 4 is 61.1 Å². The molecule has 0 radical (unpaired) electrons. The average molecular weight is 462 g/mol. The Labute approximate surface area is 171 Å². The first kappa shape index (κ1) is 19.9. The number of hydrogen-bond acceptors (Lipinski definition) is 5. The quantitative estimate of drug-likeness (QED) is 0.446. The van der Waals surface area contributed by atoms with Gasteiger partial charge in [0, 0.05) is 24.2 Å². The van der Waals surface area contributed by atoms with Crippen LogP contribution >= 0.6 is 27.3 Å². The molecule has 0 fully saturated rings. The van der Waals surface area contributed by atoms with Crippen LogP contribution in [0.1, 0.15) is 12.0 Å². The Morgan fingerprint density at radius 3 is 2.75 bits per heavy atom. The van der Waals surface area contributed by atoms with Gasteiger partial charge in [-0.25, -0.2) is 9.79 Å². The van der Waals surface area contributed by atoms with Gasteiger partial charge < -0.3 is 5.73 Å². The first-order valence-electron chi connectivity index (χ1n) is 8.18. The van der Waals surface area contributed by atoms with Crippen LogP contribution in [0.5, 0.6) is 0 Å². The topological polar surface area (TPSA) is 123 Å². The zero-order valence-corrected chi connectivity index (χ0v) is 17.2. The number of benzene rings is 1. The number of fused-ring (bicyclic) bond motifs is 1. The highest BCUT2D eigenvalue weighted by atomic mass is 79.9. The standard InChI is InChI=1S/C18H16BrN5O3S/c1-24-17(26)15-10(9-28-16(15)23-18(24)27)8-14(25)22-13(20)6-7-21-12-4-2-11(19)3-5-12/h2-5,7,9H,6,8H2,1H3,(H,23,27)(H2,20,22,25). The zero-order valence-electron chi connectivity index (χ0n) is 14.8. The van der Waals surface area contributed by atoms with Crippen molar-refractivity contribution in [2.45, 2.75) is 12.8 Å². The lowest BCUT2D eigenvalue weighted by Crippen LogP contribution is -2.32. The molecule has 0 spiro atoms. The Bertz CT molecular complexity index is 1200. The van der Waals surface area contributed by atoms with Gasteiger partial charge in [-0.05, 0) is 35.2 Å². The SMILES string of the molecule is Cn1c(=O)[nH]c2scc(CC(=O)N=C(N)CC=Nc3ccc(Br)cc3)c2c1=O. The van der Waals surface area contributed by atoms with E-state index in [4.69, 9.17) is 5.73 Å². The number of halogens is 1. The van der Waals surface area contributed by atoms with Crippen LogP contribution in [0.3, 0.4) is 0 Å². The smallest absolute Gasteiger partial charge is 0.329 e. The summed E-state index contributed by atoms with van der Waals surface area (Å²) in [6.07, 6.45) is 1.73. The van der Waals surface area contributed by atoms with Gasteiger partial charge in [0.15, 0.2) is 0 Å². The van der Waals surface area contributed by atoms with Crippen molar-refractivity contribution in [3.05, 3.63) is 60.5 Å². The number of aromatic amines is 1. The van der Waals surface area contributed by atoms with Crippen LogP contribution in [-0.2, 0) is 18.3 Å². The number of thiophene rings is 1. The number of amidine groups is 1. The summed E-state index contributed by atoms with van der Waals surface area (Å²) in [5.74, 6) is -0.339. The van der Waals surface area contributed by atoms with E-state index in [-0.39, 0.29) is 18.7 Å². The van der Waals surface area contributed by atoms with Gasteiger partial charge in [-0.15, -0.1) is 11.3 Å². The average Bonchev–Trinajstić information content (AvgIpc) is 3.03. The van der Waals surface area contributed by atoms with Crippen molar-refractivity contribution in [2.24, 2.45) is 22.8 Å². The third-order valence-electron chi connectivity index (χ3n) is 3.89. The van der Waals surface area contributed by atoms with Gasteiger partial charge in [0.2, 0.25) is 0 Å². The number of hydrogen-bond donors (Lipinski definition) is 2. The van der Waals surface area contributed by atoms with Crippen LogP contribution in [0.2, 0.25) is 0 Å². The Morgan fingerprint density at radius 1 is 1.32 bits per heavy atom. The van der Waals surface area contributed by atoms with E-state index in [2.05, 4.69) is 30.9 Å². The van der Waals surface area contributed by atoms with Crippen LogP contribution < -0.4 is 17.0 Å². The van der Waals surface area contributed by atoms with E-state index in [9.17, 15) is 14.4 Å². The summed E-state index contributed by atoms with van der Waals surface area (Å²) in [6.45, 7) is 0. The highest BCUT2D eigenvalue weighted by molar-refractivity contribution is 9.10. The normalized spacial score (nSPS) is 12.1. The number of carbonyl (C=O) groups is 1. The molecule has 1 amide bonds. The predicted molar refractivity (Wildman–Crippen MR) is 115 cm³/mol. The minimum Gasteiger partial charge on any atom is -0.387 e. The first-order chi connectivity index (χ1) is 13.3. The lowest BCUT2D eigenvalue weighted by atomic mass is 10.2. The molecule has 144 valence electrons. The predicted octanol–water partition coefficient (Wildman–Crippen LogP) is 2.27. The molecule has 1 aromatic carbocycles. The van der Waals surface area contributed by atoms with Gasteiger partial charge in [0.25, 0.3) is 11.5 Å². The molecule has 10 heteroatoms. The van der Waals surface area contributed by atoms with Crippen molar-refractivity contribution in [2.75, 3.05) is 0 Å². The van der Waals surface area contributed by atoms with Crippen molar-refractivity contribution in [1.29, 1.82) is 0 Å². The molecule has 28 heavy (non-hydrogen) atoms. The minimum atomic E-state index is -0.496. The van der Waals surface area contributed by atoms with E-state index in [1.54, 1.807) is 11.6 Å². The number of H-pyrrole nitrogens is 1. The Kier molecular flexibility index (Phi) is 6.00. The molecule has 2 heterocycles. The minimum absolute atomic E-state index is 0.0775. The lowest BCUT2D eigenvalue weighted by Gasteiger charge is -1.99. The molecule has 8 nitrogen and oxygen atoms in total. The van der Waals surface area contributed by atoms with Crippen molar-refractivity contribution in [3.63, 3.8) is 0 Å². The number of nitrogens with two attached hydrogens (primary N) is 1. The molecule has 3 rings (SSSR count). The third kappa shape index (κ3) is 4.52. The second kappa shape index (κ2) is 8.44. The van der Waals surface area contributed by atoms with Crippen LogP contribution in [0.4, 0.5) is 5.69 Å². The zero-order chi connectivity index (χ0) is 20.3. The summed E-state index contributed by atoms with van der Waals surface area (Å²) < 4.78 is 1.93. The molecular formula is C18H16BrN5O3S. The third-order valence-corrected chi connectivity index (χ3v) is 5.36. The monoisotopic (exact) mass is 461 g/mol. The maximum Gasteiger partial charge on any atom is 0.329 e. The van der Waals surface area contributed by atoms with Crippen LogP contribution in [0.15, 0.2) is 53.7 Å². The molecule has 0 saturated heterocycles. The summed E-state index contributed by atoms with van der Waals surface area (Å²) >= 11 is 4.55. The Morgan fingerprint density at radius 2 is 2.04 bits per heavy atom. The maximum atomic E-state index is 12.3. The van der Waals surface area contributed by atoms with E-state index in [0.717, 1.165) is 14.7 Å². The second-order valence-corrected chi connectivity index (χ2v) is 7.72. The molecule has 2 aromatic heterocycles. The summed E-state index contributed by atoms with van der Waals surface area (Å²) in [7, 11) is 1.38. The van der Waals surface area contributed by atoms with Crippen LogP contribution in [0.25, 0.3) is 10.2 Å². The van der Waals surface area contributed by atoms with Crippen molar-refractivity contribution in [3.8, 4) is 0 Å². The van der Waals surface area contributed by atoms with Gasteiger partial charge in [-0.1, -0.05) is 15.9 Å². The van der Waals surface area contributed by atoms with Crippen LogP contribution in [0, 0.1) is 0 Å². The second-order valence-electron chi connectivity index (χ2n) is 5.93. The maximum absolute atomic E-state index is 12.3. The fourth-order valence-corrected chi connectivity index (χ4v) is 3.68. The first-order valence-corrected chi connectivity index (χ1v) is 9.85. The van der Waals surface area contributed by atoms with E-state index < -0.39 is 17.2 Å². The summed E-state index contributed by atoms with van der Waals surface area (Å²) in [4.78, 5) is 47.3. The molecule has 0 unspecified atom stereocenters. The van der Waals surface area contributed by atoms with Gasteiger partial charge >= 0.3 is 5.69 Å². The molecule has 0 saturated carbocycles. The molecule has 0 atom stereocenters. The molecule has 0 bridgehead atoms. The fraction of sp³-hybridized carbons (Fsp3) is 0.167. The fourth-order valence-electron chi connectivity index (χ4n) is 2.47. The van der Waals surface area contributed by atoms with Crippen molar-refractivity contribution in [1.82, 2.24) is 9.55 Å². The molecular weight excluding hydrogens is 446 g/mol. The number of nitrogens with zero attached hydrogens (tertiary/aromatic N) is 3. The number of aromatic nitrogens is 2. The van der Waals surface area contributed by atoms with E-state index in [1.807, 2.05) is 24.3 Å². The Hall–Kier alpha value is -2.85. The van der Waals surface area contributed by atoms with E-state index in [0.29, 0.717) is 15.8 Å². The van der Waals surface area contributed by atoms with Gasteiger partial charge in [-0.2, -0.15) is 0 Å². The number of amides is 1. The summed E-state index contributed by atoms with van der Waals surface area (Å²) in [6, 6.07) is 7.42. The number of aliphatic imine (C=N–C) groups is 2. The summed E-state index contributed by atoms with van der Waals surface area (Å²) in [5, 5.41) is 1.99. The largest absolute Gasteiger partial charge is 0.387 e. The molecule has 0 aliphatic rings. The number of nitrogens with one attached hydrogen (secondary N) is 1. The Balaban J connectivity index is 1.70. The van der Waals surface area contributed by atoms with E-state index in [1.165, 1.54) is 18.4 Å². The lowest BCUT2D eigenvalue weighted by molar-refractivity contribution is -0.117. The van der Waals surface area contributed by atoms with E-state index >= 15 is 0 Å². The summed E-state index contributed by atoms with van der Waals surface area (Å²) in [5.41, 5.74) is 6.14. The van der Waals surface area contributed by atoms with Crippen molar-refractivity contribution < 1.29 is 4.79 Å². The highest BCUT2D eigenvalue weighted by Gasteiger charge is 2.14. The van der Waals surface area contributed by atoms with Crippen LogP contribution in [-0.4, -0.2) is 27.5 Å². The molecule has 0 aliphatic carbocycles. The number of carbonyl (C=O) groups excluding carboxylic acids is 1.